The van der Waals surface area contributed by atoms with Crippen LogP contribution in [-0.2, 0) is 9.47 Å². The van der Waals surface area contributed by atoms with Crippen molar-refractivity contribution in [2.75, 3.05) is 32.8 Å². The Balaban J connectivity index is 2.63. The highest BCUT2D eigenvalue weighted by Gasteiger charge is 2.12. The van der Waals surface area contributed by atoms with Crippen LogP contribution in [0.25, 0.3) is 0 Å². The van der Waals surface area contributed by atoms with Crippen LogP contribution >= 0.6 is 0 Å². The van der Waals surface area contributed by atoms with Crippen molar-refractivity contribution in [3.8, 4) is 0 Å². The highest BCUT2D eigenvalue weighted by molar-refractivity contribution is 5.96. The van der Waals surface area contributed by atoms with Crippen molar-refractivity contribution in [2.24, 2.45) is 5.84 Å². The van der Waals surface area contributed by atoms with Gasteiger partial charge in [0.1, 0.15) is 0 Å². The molecule has 0 heterocycles. The molecule has 0 saturated carbocycles. The van der Waals surface area contributed by atoms with Crippen molar-refractivity contribution in [2.45, 2.75) is 13.0 Å². The van der Waals surface area contributed by atoms with E-state index in [4.69, 9.17) is 15.3 Å². The number of hydrogen-bond acceptors (Lipinski definition) is 5. The van der Waals surface area contributed by atoms with Crippen LogP contribution in [-0.4, -0.2) is 39.4 Å². The molecule has 0 bridgehead atoms. The number of nitrogen functional groups attached to an aromatic ring is 1. The number of nitrogens with two attached hydrogens (primary N) is 1. The molecule has 0 radical (unpaired) electrons. The maximum absolute atomic E-state index is 12.0. The second-order valence-corrected chi connectivity index (χ2v) is 4.20. The van der Waals surface area contributed by atoms with Gasteiger partial charge >= 0.3 is 0 Å². The Hall–Kier alpha value is -1.63. The molecule has 1 atom stereocenters. The number of carbonyl (C=O) groups is 1. The van der Waals surface area contributed by atoms with E-state index in [1.807, 2.05) is 13.0 Å². The lowest BCUT2D eigenvalue weighted by molar-refractivity contribution is 0.0285. The topological polar surface area (TPSA) is 85.6 Å². The molecule has 0 aromatic heterocycles. The third-order valence-electron chi connectivity index (χ3n) is 2.81. The third-order valence-corrected chi connectivity index (χ3v) is 2.81. The van der Waals surface area contributed by atoms with Crippen molar-refractivity contribution in [1.82, 2.24) is 5.32 Å². The second kappa shape index (κ2) is 7.73. The lowest BCUT2D eigenvalue weighted by Crippen LogP contribution is -2.35. The van der Waals surface area contributed by atoms with Gasteiger partial charge < -0.3 is 20.2 Å². The first-order valence-electron chi connectivity index (χ1n) is 5.99. The number of benzene rings is 1. The average molecular weight is 267 g/mol. The van der Waals surface area contributed by atoms with Crippen LogP contribution in [0.15, 0.2) is 18.2 Å². The summed E-state index contributed by atoms with van der Waals surface area (Å²) in [6, 6.07) is 5.31. The van der Waals surface area contributed by atoms with E-state index >= 15 is 0 Å². The average Bonchev–Trinajstić information content (AvgIpc) is 2.42. The molecule has 4 N–H and O–H groups in total. The van der Waals surface area contributed by atoms with Crippen LogP contribution in [0, 0.1) is 6.92 Å². The van der Waals surface area contributed by atoms with Crippen LogP contribution in [0.1, 0.15) is 15.9 Å². The summed E-state index contributed by atoms with van der Waals surface area (Å²) in [6.45, 7) is 2.70. The molecule has 0 saturated heterocycles. The number of nitrogens with one attached hydrogen (secondary N) is 2. The summed E-state index contributed by atoms with van der Waals surface area (Å²) in [5, 5.41) is 2.82. The summed E-state index contributed by atoms with van der Waals surface area (Å²) < 4.78 is 10.2. The number of hydrazine groups is 1. The van der Waals surface area contributed by atoms with Crippen molar-refractivity contribution in [1.29, 1.82) is 0 Å². The minimum atomic E-state index is -0.153. The summed E-state index contributed by atoms with van der Waals surface area (Å²) in [7, 11) is 3.18. The molecule has 1 unspecified atom stereocenters. The summed E-state index contributed by atoms with van der Waals surface area (Å²) in [5.74, 6) is 5.17. The normalized spacial score (nSPS) is 12.0. The lowest BCUT2D eigenvalue weighted by atomic mass is 10.1. The molecule has 0 aliphatic carbocycles. The zero-order valence-electron chi connectivity index (χ0n) is 11.5. The molecule has 6 heteroatoms. The van der Waals surface area contributed by atoms with Gasteiger partial charge in [0.25, 0.3) is 5.91 Å². The largest absolute Gasteiger partial charge is 0.382 e. The van der Waals surface area contributed by atoms with E-state index in [0.29, 0.717) is 18.7 Å². The number of aryl methyl sites for hydroxylation is 1. The Bertz CT molecular complexity index is 424. The second-order valence-electron chi connectivity index (χ2n) is 4.20. The Labute approximate surface area is 113 Å². The van der Waals surface area contributed by atoms with Crippen molar-refractivity contribution in [3.05, 3.63) is 29.3 Å². The molecule has 1 rings (SSSR count). The quantitative estimate of drug-likeness (QED) is 0.499. The number of anilines is 1. The van der Waals surface area contributed by atoms with Gasteiger partial charge in [-0.25, -0.2) is 0 Å². The van der Waals surface area contributed by atoms with E-state index in [1.165, 1.54) is 0 Å². The number of methoxy groups -OCH3 is 2. The van der Waals surface area contributed by atoms with Crippen LogP contribution < -0.4 is 16.6 Å². The summed E-state index contributed by atoms with van der Waals surface area (Å²) in [4.78, 5) is 12.0. The number of rotatable bonds is 7. The molecule has 1 amide bonds. The van der Waals surface area contributed by atoms with Gasteiger partial charge in [-0.1, -0.05) is 0 Å². The molecular weight excluding hydrogens is 246 g/mol. The Morgan fingerprint density at radius 3 is 2.68 bits per heavy atom. The zero-order valence-corrected chi connectivity index (χ0v) is 11.5. The fourth-order valence-corrected chi connectivity index (χ4v) is 1.71. The summed E-state index contributed by atoms with van der Waals surface area (Å²) in [5.41, 5.74) is 4.78. The maximum atomic E-state index is 12.0. The standard InChI is InChI=1S/C13H21N3O3/c1-9-6-10(16-14)4-5-12(9)13(17)15-7-11(19-3)8-18-2/h4-6,11,16H,7-8,14H2,1-3H3,(H,15,17). The SMILES string of the molecule is COCC(CNC(=O)c1ccc(NN)cc1C)OC. The molecular formula is C13H21N3O3. The fourth-order valence-electron chi connectivity index (χ4n) is 1.71. The minimum absolute atomic E-state index is 0.140. The Morgan fingerprint density at radius 1 is 1.42 bits per heavy atom. The van der Waals surface area contributed by atoms with Crippen LogP contribution in [0.5, 0.6) is 0 Å². The van der Waals surface area contributed by atoms with E-state index in [9.17, 15) is 4.79 Å². The molecule has 0 aliphatic heterocycles. The first-order valence-corrected chi connectivity index (χ1v) is 5.99. The highest BCUT2D eigenvalue weighted by atomic mass is 16.5. The van der Waals surface area contributed by atoms with E-state index in [1.54, 1.807) is 26.4 Å². The van der Waals surface area contributed by atoms with E-state index in [2.05, 4.69) is 10.7 Å². The molecule has 19 heavy (non-hydrogen) atoms. The van der Waals surface area contributed by atoms with Crippen molar-refractivity contribution >= 4 is 11.6 Å². The van der Waals surface area contributed by atoms with Crippen LogP contribution in [0.4, 0.5) is 5.69 Å². The highest BCUT2D eigenvalue weighted by Crippen LogP contribution is 2.14. The van der Waals surface area contributed by atoms with E-state index in [-0.39, 0.29) is 12.0 Å². The molecule has 0 fully saturated rings. The van der Waals surface area contributed by atoms with Gasteiger partial charge in [0.2, 0.25) is 0 Å². The molecule has 1 aromatic carbocycles. The number of hydrogen-bond donors (Lipinski definition) is 3. The minimum Gasteiger partial charge on any atom is -0.382 e. The van der Waals surface area contributed by atoms with Crippen LogP contribution in [0.3, 0.4) is 0 Å². The molecule has 106 valence electrons. The van der Waals surface area contributed by atoms with Crippen LogP contribution in [0.2, 0.25) is 0 Å². The monoisotopic (exact) mass is 267 g/mol. The van der Waals surface area contributed by atoms with Gasteiger partial charge in [-0.3, -0.25) is 10.6 Å². The zero-order chi connectivity index (χ0) is 14.3. The Morgan fingerprint density at radius 2 is 2.16 bits per heavy atom. The molecule has 1 aromatic rings. The molecule has 0 spiro atoms. The van der Waals surface area contributed by atoms with Crippen molar-refractivity contribution < 1.29 is 14.3 Å². The van der Waals surface area contributed by atoms with Gasteiger partial charge in [-0.2, -0.15) is 0 Å². The summed E-state index contributed by atoms with van der Waals surface area (Å²) >= 11 is 0. The predicted molar refractivity (Wildman–Crippen MR) is 74.0 cm³/mol. The summed E-state index contributed by atoms with van der Waals surface area (Å²) in [6.07, 6.45) is -0.153. The predicted octanol–water partition coefficient (Wildman–Crippen LogP) is 0.672. The third kappa shape index (κ3) is 4.51. The van der Waals surface area contributed by atoms with Gasteiger partial charge in [-0.05, 0) is 30.7 Å². The Kier molecular flexibility index (Phi) is 6.27. The van der Waals surface area contributed by atoms with E-state index in [0.717, 1.165) is 11.3 Å². The van der Waals surface area contributed by atoms with Gasteiger partial charge in [0.15, 0.2) is 0 Å². The van der Waals surface area contributed by atoms with Gasteiger partial charge in [-0.15, -0.1) is 0 Å². The number of ether oxygens (including phenoxy) is 2. The lowest BCUT2D eigenvalue weighted by Gasteiger charge is -2.15. The maximum Gasteiger partial charge on any atom is 0.251 e. The first-order chi connectivity index (χ1) is 9.12. The fraction of sp³-hybridized carbons (Fsp3) is 0.462. The molecule has 6 nitrogen and oxygen atoms in total. The number of amides is 1. The van der Waals surface area contributed by atoms with Gasteiger partial charge in [0.05, 0.1) is 12.7 Å². The number of carbonyl (C=O) groups excluding carboxylic acids is 1. The van der Waals surface area contributed by atoms with Gasteiger partial charge in [0, 0.05) is 32.0 Å². The first kappa shape index (κ1) is 15.4. The van der Waals surface area contributed by atoms with E-state index < -0.39 is 0 Å². The smallest absolute Gasteiger partial charge is 0.251 e. The molecule has 0 aliphatic rings. The van der Waals surface area contributed by atoms with Crippen molar-refractivity contribution in [3.63, 3.8) is 0 Å².